The molecule has 1 aliphatic carbocycles. The summed E-state index contributed by atoms with van der Waals surface area (Å²) in [5, 5.41) is 3.05. The van der Waals surface area contributed by atoms with E-state index in [4.69, 9.17) is 5.73 Å². The second-order valence-electron chi connectivity index (χ2n) is 6.71. The molecule has 0 radical (unpaired) electrons. The van der Waals surface area contributed by atoms with E-state index >= 15 is 0 Å². The molecule has 1 heterocycles. The average molecular weight is 301 g/mol. The Morgan fingerprint density at radius 2 is 1.95 bits per heavy atom. The van der Waals surface area contributed by atoms with Gasteiger partial charge in [0.05, 0.1) is 0 Å². The maximum absolute atomic E-state index is 12.3. The molecule has 4 nitrogen and oxygen atoms in total. The molecular formula is C18H27N3O. The molecule has 3 N–H and O–H groups in total. The molecule has 0 spiro atoms. The van der Waals surface area contributed by atoms with Crippen LogP contribution in [0.15, 0.2) is 24.3 Å². The molecule has 4 heteroatoms. The molecule has 1 aliphatic heterocycles. The number of rotatable bonds is 4. The van der Waals surface area contributed by atoms with Gasteiger partial charge in [-0.15, -0.1) is 0 Å². The third-order valence-corrected chi connectivity index (χ3v) is 5.02. The van der Waals surface area contributed by atoms with Gasteiger partial charge in [0.15, 0.2) is 0 Å². The van der Waals surface area contributed by atoms with Gasteiger partial charge in [-0.2, -0.15) is 0 Å². The largest absolute Gasteiger partial charge is 0.371 e. The Hall–Kier alpha value is -1.55. The number of nitrogens with one attached hydrogen (secondary N) is 1. The van der Waals surface area contributed by atoms with Crippen molar-refractivity contribution in [3.8, 4) is 0 Å². The van der Waals surface area contributed by atoms with E-state index in [1.807, 2.05) is 12.1 Å². The van der Waals surface area contributed by atoms with Crippen LogP contribution in [0.5, 0.6) is 0 Å². The van der Waals surface area contributed by atoms with Gasteiger partial charge in [0.25, 0.3) is 0 Å². The fraction of sp³-hybridized carbons (Fsp3) is 0.611. The molecular weight excluding hydrogens is 274 g/mol. The molecule has 1 aromatic rings. The summed E-state index contributed by atoms with van der Waals surface area (Å²) in [6, 6.07) is 8.39. The van der Waals surface area contributed by atoms with Gasteiger partial charge in [-0.3, -0.25) is 4.79 Å². The predicted octanol–water partition coefficient (Wildman–Crippen LogP) is 3.13. The maximum Gasteiger partial charge on any atom is 0.224 e. The van der Waals surface area contributed by atoms with Crippen LogP contribution in [0.1, 0.15) is 44.9 Å². The van der Waals surface area contributed by atoms with E-state index in [-0.39, 0.29) is 11.9 Å². The number of carbonyl (C=O) groups is 1. The summed E-state index contributed by atoms with van der Waals surface area (Å²) < 4.78 is 0. The minimum atomic E-state index is 0.0981. The molecule has 2 aliphatic rings. The van der Waals surface area contributed by atoms with E-state index in [0.717, 1.165) is 31.6 Å². The van der Waals surface area contributed by atoms with Crippen LogP contribution in [0, 0.1) is 5.92 Å². The van der Waals surface area contributed by atoms with Crippen LogP contribution in [-0.4, -0.2) is 25.0 Å². The highest BCUT2D eigenvalue weighted by Gasteiger charge is 2.24. The molecule has 1 amide bonds. The number of nitrogens with two attached hydrogens (primary N) is 1. The minimum Gasteiger partial charge on any atom is -0.371 e. The van der Waals surface area contributed by atoms with Crippen LogP contribution in [0.2, 0.25) is 0 Å². The summed E-state index contributed by atoms with van der Waals surface area (Å²) in [4.78, 5) is 14.7. The highest BCUT2D eigenvalue weighted by atomic mass is 16.1. The molecule has 1 saturated heterocycles. The van der Waals surface area contributed by atoms with Gasteiger partial charge in [0.2, 0.25) is 5.91 Å². The zero-order chi connectivity index (χ0) is 15.4. The summed E-state index contributed by atoms with van der Waals surface area (Å²) >= 11 is 0. The fourth-order valence-electron chi connectivity index (χ4n) is 3.70. The number of anilines is 2. The van der Waals surface area contributed by atoms with Crippen LogP contribution in [-0.2, 0) is 4.79 Å². The van der Waals surface area contributed by atoms with Gasteiger partial charge in [0, 0.05) is 36.9 Å². The zero-order valence-electron chi connectivity index (χ0n) is 13.3. The van der Waals surface area contributed by atoms with Crippen molar-refractivity contribution in [3.05, 3.63) is 24.3 Å². The monoisotopic (exact) mass is 301 g/mol. The van der Waals surface area contributed by atoms with Crippen molar-refractivity contribution >= 4 is 17.3 Å². The van der Waals surface area contributed by atoms with E-state index in [2.05, 4.69) is 22.3 Å². The molecule has 2 atom stereocenters. The second-order valence-corrected chi connectivity index (χ2v) is 6.71. The minimum absolute atomic E-state index is 0.0981. The summed E-state index contributed by atoms with van der Waals surface area (Å²) in [5.41, 5.74) is 8.26. The molecule has 120 valence electrons. The van der Waals surface area contributed by atoms with E-state index < -0.39 is 0 Å². The summed E-state index contributed by atoms with van der Waals surface area (Å²) in [7, 11) is 0. The summed E-state index contributed by atoms with van der Waals surface area (Å²) in [6.07, 6.45) is 7.62. The third-order valence-electron chi connectivity index (χ3n) is 5.02. The number of hydrogen-bond donors (Lipinski definition) is 2. The first-order valence-electron chi connectivity index (χ1n) is 8.63. The Bertz CT molecular complexity index is 511. The zero-order valence-corrected chi connectivity index (χ0v) is 13.3. The molecule has 1 saturated carbocycles. The second kappa shape index (κ2) is 7.14. The highest BCUT2D eigenvalue weighted by molar-refractivity contribution is 5.91. The van der Waals surface area contributed by atoms with Crippen molar-refractivity contribution in [3.63, 3.8) is 0 Å². The SMILES string of the molecule is NC1CCCCC1CC(=O)Nc1cccc(N2CCCC2)c1. The lowest BCUT2D eigenvalue weighted by Crippen LogP contribution is -2.35. The maximum atomic E-state index is 12.3. The molecule has 0 aromatic heterocycles. The van der Waals surface area contributed by atoms with E-state index in [9.17, 15) is 4.79 Å². The predicted molar refractivity (Wildman–Crippen MR) is 91.1 cm³/mol. The Morgan fingerprint density at radius 3 is 2.73 bits per heavy atom. The molecule has 3 rings (SSSR count). The van der Waals surface area contributed by atoms with Gasteiger partial charge in [-0.25, -0.2) is 0 Å². The first-order chi connectivity index (χ1) is 10.7. The molecule has 2 fully saturated rings. The standard InChI is InChI=1S/C18H27N3O/c19-17-9-2-1-6-14(17)12-18(22)20-15-7-5-8-16(13-15)21-10-3-4-11-21/h5,7-8,13-14,17H,1-4,6,9-12,19H2,(H,20,22). The lowest BCUT2D eigenvalue weighted by molar-refractivity contribution is -0.117. The smallest absolute Gasteiger partial charge is 0.224 e. The molecule has 22 heavy (non-hydrogen) atoms. The van der Waals surface area contributed by atoms with Crippen LogP contribution >= 0.6 is 0 Å². The van der Waals surface area contributed by atoms with Crippen molar-refractivity contribution in [2.45, 2.75) is 51.0 Å². The third kappa shape index (κ3) is 3.80. The van der Waals surface area contributed by atoms with Crippen molar-refractivity contribution in [2.75, 3.05) is 23.3 Å². The number of benzene rings is 1. The molecule has 2 unspecified atom stereocenters. The molecule has 0 bridgehead atoms. The van der Waals surface area contributed by atoms with Gasteiger partial charge < -0.3 is 16.0 Å². The Morgan fingerprint density at radius 1 is 1.18 bits per heavy atom. The summed E-state index contributed by atoms with van der Waals surface area (Å²) in [6.45, 7) is 2.24. The Labute approximate surface area is 133 Å². The summed E-state index contributed by atoms with van der Waals surface area (Å²) in [5.74, 6) is 0.441. The van der Waals surface area contributed by atoms with Crippen LogP contribution < -0.4 is 16.0 Å². The van der Waals surface area contributed by atoms with Crippen molar-refractivity contribution < 1.29 is 4.79 Å². The van der Waals surface area contributed by atoms with Gasteiger partial charge in [-0.1, -0.05) is 18.9 Å². The Kier molecular flexibility index (Phi) is 4.98. The van der Waals surface area contributed by atoms with Crippen molar-refractivity contribution in [2.24, 2.45) is 11.7 Å². The van der Waals surface area contributed by atoms with Gasteiger partial charge >= 0.3 is 0 Å². The lowest BCUT2D eigenvalue weighted by Gasteiger charge is -2.28. The highest BCUT2D eigenvalue weighted by Crippen LogP contribution is 2.27. The topological polar surface area (TPSA) is 58.4 Å². The lowest BCUT2D eigenvalue weighted by atomic mass is 9.83. The van der Waals surface area contributed by atoms with Crippen LogP contribution in [0.25, 0.3) is 0 Å². The van der Waals surface area contributed by atoms with E-state index in [0.29, 0.717) is 12.3 Å². The van der Waals surface area contributed by atoms with Crippen molar-refractivity contribution in [1.82, 2.24) is 0 Å². The molecule has 1 aromatic carbocycles. The van der Waals surface area contributed by atoms with E-state index in [1.54, 1.807) is 0 Å². The fourth-order valence-corrected chi connectivity index (χ4v) is 3.70. The van der Waals surface area contributed by atoms with Crippen LogP contribution in [0.4, 0.5) is 11.4 Å². The quantitative estimate of drug-likeness (QED) is 0.898. The number of hydrogen-bond acceptors (Lipinski definition) is 3. The van der Waals surface area contributed by atoms with Gasteiger partial charge in [0.1, 0.15) is 0 Å². The number of carbonyl (C=O) groups excluding carboxylic acids is 1. The average Bonchev–Trinajstić information content (AvgIpc) is 3.04. The normalized spacial score (nSPS) is 25.2. The first-order valence-corrected chi connectivity index (χ1v) is 8.63. The first kappa shape index (κ1) is 15.3. The van der Waals surface area contributed by atoms with Crippen molar-refractivity contribution in [1.29, 1.82) is 0 Å². The van der Waals surface area contributed by atoms with Crippen LogP contribution in [0.3, 0.4) is 0 Å². The van der Waals surface area contributed by atoms with Gasteiger partial charge in [-0.05, 0) is 49.8 Å². The number of amides is 1. The number of nitrogens with zero attached hydrogens (tertiary/aromatic N) is 1. The van der Waals surface area contributed by atoms with E-state index in [1.165, 1.54) is 31.4 Å². The Balaban J connectivity index is 1.57.